The van der Waals surface area contributed by atoms with E-state index in [0.29, 0.717) is 48.4 Å². The zero-order chi connectivity index (χ0) is 28.6. The number of fused-ring (bicyclic) bond motifs is 2. The van der Waals surface area contributed by atoms with Gasteiger partial charge in [0.05, 0.1) is 29.0 Å². The monoisotopic (exact) mass is 615 g/mol. The van der Waals surface area contributed by atoms with E-state index in [2.05, 4.69) is 5.32 Å². The zero-order valence-electron chi connectivity index (χ0n) is 22.3. The number of hydrogen-bond donors (Lipinski definition) is 5. The van der Waals surface area contributed by atoms with Gasteiger partial charge < -0.3 is 39.1 Å². The van der Waals surface area contributed by atoms with Crippen molar-refractivity contribution in [2.24, 2.45) is 5.92 Å². The molecule has 0 spiro atoms. The fourth-order valence-corrected chi connectivity index (χ4v) is 8.36. The third kappa shape index (κ3) is 6.20. The van der Waals surface area contributed by atoms with Crippen LogP contribution in [0.3, 0.4) is 0 Å². The summed E-state index contributed by atoms with van der Waals surface area (Å²) >= 11 is 0.905. The molecule has 1 saturated carbocycles. The van der Waals surface area contributed by atoms with Crippen molar-refractivity contribution in [1.29, 1.82) is 0 Å². The van der Waals surface area contributed by atoms with Crippen LogP contribution in [0.1, 0.15) is 61.3 Å². The summed E-state index contributed by atoms with van der Waals surface area (Å²) in [4.78, 5) is 66.2. The normalized spacial score (nSPS) is 21.5. The maximum atomic E-state index is 15.8. The highest BCUT2D eigenvalue weighted by atomic mass is 32.2. The average molecular weight is 616 g/mol. The van der Waals surface area contributed by atoms with E-state index < -0.39 is 38.5 Å². The predicted molar refractivity (Wildman–Crippen MR) is 157 cm³/mol. The second-order valence-electron chi connectivity index (χ2n) is 10.7. The molecule has 0 radical (unpaired) electrons. The lowest BCUT2D eigenvalue weighted by Crippen LogP contribution is -2.52. The van der Waals surface area contributed by atoms with Crippen LogP contribution in [0.25, 0.3) is 10.9 Å². The van der Waals surface area contributed by atoms with E-state index >= 15 is 4.39 Å². The van der Waals surface area contributed by atoms with Crippen molar-refractivity contribution in [3.05, 3.63) is 33.9 Å². The molecule has 3 aliphatic rings. The molecular formula is C26H36FN3O7P2S. The molecule has 220 valence electrons. The van der Waals surface area contributed by atoms with Crippen LogP contribution in [-0.2, 0) is 0 Å². The van der Waals surface area contributed by atoms with E-state index in [-0.39, 0.29) is 29.2 Å². The minimum absolute atomic E-state index is 0.0395. The molecule has 14 heteroatoms. The third-order valence-corrected chi connectivity index (χ3v) is 11.9. The summed E-state index contributed by atoms with van der Waals surface area (Å²) in [6, 6.07) is 1.77. The molecule has 2 unspecified atom stereocenters. The van der Waals surface area contributed by atoms with Crippen LogP contribution in [0, 0.1) is 11.7 Å². The number of pyridine rings is 1. The molecule has 5 rings (SSSR count). The minimum Gasteiger partial charge on any atom is -0.492 e. The standard InChI is InChI=1S/C26H36FN3O7P2S/c1-37-25-22-17(12-19(27)23(25)29-10-8-20-15(13-29)4-2-9-28-20)24(31)18(14-30(22)16-6-7-16)26(32)40-11-3-5-21(38(33)34)39(35)36/h12,14-16,20-21,28,33-36H,2-11,13H2,1H3. The molecule has 2 saturated heterocycles. The van der Waals surface area contributed by atoms with Crippen molar-refractivity contribution in [3.63, 3.8) is 0 Å². The molecule has 3 heterocycles. The quantitative estimate of drug-likeness (QED) is 0.199. The Kier molecular flexibility index (Phi) is 9.69. The summed E-state index contributed by atoms with van der Waals surface area (Å²) in [6.45, 7) is 2.40. The summed E-state index contributed by atoms with van der Waals surface area (Å²) in [5.74, 6) is 0.463. The Labute approximate surface area is 238 Å². The summed E-state index contributed by atoms with van der Waals surface area (Å²) in [5, 5.41) is 2.21. The van der Waals surface area contributed by atoms with Crippen LogP contribution >= 0.6 is 28.5 Å². The highest BCUT2D eigenvalue weighted by molar-refractivity contribution is 8.14. The number of nitrogens with one attached hydrogen (secondary N) is 1. The van der Waals surface area contributed by atoms with Crippen molar-refractivity contribution >= 4 is 50.2 Å². The number of carbonyl (C=O) groups excluding carboxylic acids is 1. The molecule has 5 N–H and O–H groups in total. The first-order valence-corrected chi connectivity index (χ1v) is 17.3. The molecule has 40 heavy (non-hydrogen) atoms. The first-order valence-electron chi connectivity index (χ1n) is 13.7. The first kappa shape index (κ1) is 30.1. The van der Waals surface area contributed by atoms with Crippen LogP contribution in [-0.4, -0.2) is 73.2 Å². The van der Waals surface area contributed by atoms with E-state index in [1.54, 1.807) is 6.20 Å². The van der Waals surface area contributed by atoms with E-state index in [1.165, 1.54) is 13.2 Å². The average Bonchev–Trinajstić information content (AvgIpc) is 3.77. The van der Waals surface area contributed by atoms with Gasteiger partial charge >= 0.3 is 0 Å². The number of carbonyl (C=O) groups is 1. The molecule has 2 aliphatic heterocycles. The number of nitrogens with zero attached hydrogens (tertiary/aromatic N) is 2. The SMILES string of the molecule is COc1c(N2CCC3NCCCC3C2)c(F)cc2c(=O)c(C(=O)SCCCC(P(O)O)P(O)O)cn(C3CC3)c12. The van der Waals surface area contributed by atoms with Gasteiger partial charge in [0, 0.05) is 37.1 Å². The number of methoxy groups -OCH3 is 1. The van der Waals surface area contributed by atoms with Crippen molar-refractivity contribution in [1.82, 2.24) is 9.88 Å². The molecule has 1 aromatic heterocycles. The molecule has 1 aliphatic carbocycles. The maximum Gasteiger partial charge on any atom is 0.224 e. The number of ether oxygens (including phenoxy) is 1. The first-order chi connectivity index (χ1) is 19.2. The van der Waals surface area contributed by atoms with Gasteiger partial charge in [-0.3, -0.25) is 9.59 Å². The van der Waals surface area contributed by atoms with Gasteiger partial charge in [-0.25, -0.2) is 4.39 Å². The molecule has 2 aromatic rings. The van der Waals surface area contributed by atoms with Crippen LogP contribution in [0.15, 0.2) is 17.1 Å². The predicted octanol–water partition coefficient (Wildman–Crippen LogP) is 3.64. The fraction of sp³-hybridized carbons (Fsp3) is 0.615. The third-order valence-electron chi connectivity index (χ3n) is 8.14. The number of hydrogen-bond acceptors (Lipinski definition) is 10. The molecule has 3 fully saturated rings. The van der Waals surface area contributed by atoms with E-state index in [1.807, 2.05) is 9.47 Å². The lowest BCUT2D eigenvalue weighted by Gasteiger charge is -2.43. The Bertz CT molecular complexity index is 1300. The number of halogens is 1. The van der Waals surface area contributed by atoms with Gasteiger partial charge in [-0.1, -0.05) is 11.8 Å². The number of aromatic nitrogens is 1. The fourth-order valence-electron chi connectivity index (χ4n) is 6.00. The number of rotatable bonds is 10. The van der Waals surface area contributed by atoms with E-state index in [9.17, 15) is 29.2 Å². The highest BCUT2D eigenvalue weighted by Gasteiger charge is 2.36. The van der Waals surface area contributed by atoms with Gasteiger partial charge in [0.2, 0.25) is 10.5 Å². The van der Waals surface area contributed by atoms with Crippen molar-refractivity contribution < 1.29 is 33.5 Å². The topological polar surface area (TPSA) is 144 Å². The van der Waals surface area contributed by atoms with Gasteiger partial charge in [-0.05, 0) is 63.5 Å². The van der Waals surface area contributed by atoms with Crippen molar-refractivity contribution in [3.8, 4) is 5.75 Å². The Morgan fingerprint density at radius 3 is 2.65 bits per heavy atom. The number of piperidine rings is 2. The highest BCUT2D eigenvalue weighted by Crippen LogP contribution is 2.51. The second kappa shape index (κ2) is 12.9. The smallest absolute Gasteiger partial charge is 0.224 e. The van der Waals surface area contributed by atoms with Gasteiger partial charge in [-0.2, -0.15) is 0 Å². The number of thioether (sulfide) groups is 1. The zero-order valence-corrected chi connectivity index (χ0v) is 24.9. The summed E-state index contributed by atoms with van der Waals surface area (Å²) in [6.07, 6.45) is 6.87. The Morgan fingerprint density at radius 1 is 1.23 bits per heavy atom. The summed E-state index contributed by atoms with van der Waals surface area (Å²) < 4.78 is 23.6. The second-order valence-corrected chi connectivity index (χ2v) is 14.7. The van der Waals surface area contributed by atoms with Crippen molar-refractivity contribution in [2.45, 2.75) is 62.4 Å². The maximum absolute atomic E-state index is 15.8. The minimum atomic E-state index is -2.50. The molecular weight excluding hydrogens is 579 g/mol. The summed E-state index contributed by atoms with van der Waals surface area (Å²) in [7, 11) is -3.51. The Balaban J connectivity index is 1.44. The van der Waals surface area contributed by atoms with Crippen molar-refractivity contribution in [2.75, 3.05) is 37.4 Å². The summed E-state index contributed by atoms with van der Waals surface area (Å²) in [5.41, 5.74) is 0.293. The lowest BCUT2D eigenvalue weighted by atomic mass is 9.85. The largest absolute Gasteiger partial charge is 0.492 e. The molecule has 0 amide bonds. The van der Waals surface area contributed by atoms with Crippen LogP contribution in [0.4, 0.5) is 10.1 Å². The molecule has 1 aromatic carbocycles. The lowest BCUT2D eigenvalue weighted by molar-refractivity contribution is 0.108. The molecule has 10 nitrogen and oxygen atoms in total. The van der Waals surface area contributed by atoms with Gasteiger partial charge in [0.25, 0.3) is 0 Å². The van der Waals surface area contributed by atoms with Gasteiger partial charge in [-0.15, -0.1) is 0 Å². The molecule has 2 atom stereocenters. The molecule has 0 bridgehead atoms. The van der Waals surface area contributed by atoms with Crippen LogP contribution < -0.4 is 20.4 Å². The van der Waals surface area contributed by atoms with E-state index in [0.717, 1.165) is 50.4 Å². The van der Waals surface area contributed by atoms with E-state index in [4.69, 9.17) is 4.74 Å². The van der Waals surface area contributed by atoms with Gasteiger partial charge in [0.15, 0.2) is 28.3 Å². The number of anilines is 1. The number of benzene rings is 1. The van der Waals surface area contributed by atoms with Crippen LogP contribution in [0.2, 0.25) is 0 Å². The van der Waals surface area contributed by atoms with Gasteiger partial charge in [0.1, 0.15) is 5.69 Å². The van der Waals surface area contributed by atoms with Crippen LogP contribution in [0.5, 0.6) is 5.75 Å². The Hall–Kier alpha value is -1.36. The Morgan fingerprint density at radius 2 is 1.98 bits per heavy atom.